The van der Waals surface area contributed by atoms with Crippen LogP contribution in [0.25, 0.3) is 0 Å². The molecule has 1 rings (SSSR count). The second kappa shape index (κ2) is 5.90. The Morgan fingerprint density at radius 2 is 1.81 bits per heavy atom. The molecule has 0 spiro atoms. The minimum absolute atomic E-state index is 0.125. The fraction of sp³-hybridized carbons (Fsp3) is 0.333. The van der Waals surface area contributed by atoms with Crippen molar-refractivity contribution in [2.24, 2.45) is 0 Å². The van der Waals surface area contributed by atoms with E-state index in [-0.39, 0.29) is 18.8 Å². The zero-order valence-corrected chi connectivity index (χ0v) is 9.36. The maximum Gasteiger partial charge on any atom is 0.303 e. The topological polar surface area (TPSA) is 52.6 Å². The highest BCUT2D eigenvalue weighted by Gasteiger charge is 2.05. The number of hydrogen-bond acceptors (Lipinski definition) is 4. The maximum absolute atomic E-state index is 11.4. The van der Waals surface area contributed by atoms with E-state index in [1.807, 2.05) is 12.1 Å². The Labute approximate surface area is 94.2 Å². The minimum atomic E-state index is -0.442. The third kappa shape index (κ3) is 4.13. The van der Waals surface area contributed by atoms with Crippen molar-refractivity contribution in [2.45, 2.75) is 13.3 Å². The molecule has 0 unspecified atom stereocenters. The first-order valence-corrected chi connectivity index (χ1v) is 4.90. The Morgan fingerprint density at radius 3 is 2.31 bits per heavy atom. The maximum atomic E-state index is 11.4. The van der Waals surface area contributed by atoms with Crippen LogP contribution in [0.5, 0.6) is 5.75 Å². The Balaban J connectivity index is 2.46. The van der Waals surface area contributed by atoms with Gasteiger partial charge in [0.2, 0.25) is 0 Å². The first-order chi connectivity index (χ1) is 7.61. The Morgan fingerprint density at radius 1 is 1.19 bits per heavy atom. The van der Waals surface area contributed by atoms with E-state index in [1.165, 1.54) is 6.92 Å². The summed E-state index contributed by atoms with van der Waals surface area (Å²) in [6, 6.07) is 7.19. The summed E-state index contributed by atoms with van der Waals surface area (Å²) in [6.07, 6.45) is 0.261. The molecule has 4 heteroatoms. The normalized spacial score (nSPS) is 9.62. The van der Waals surface area contributed by atoms with Crippen LogP contribution in [0.15, 0.2) is 24.3 Å². The molecule has 0 aliphatic rings. The number of esters is 1. The van der Waals surface area contributed by atoms with Crippen LogP contribution in [0.3, 0.4) is 0 Å². The molecule has 0 saturated heterocycles. The summed E-state index contributed by atoms with van der Waals surface area (Å²) in [4.78, 5) is 21.9. The van der Waals surface area contributed by atoms with Crippen LogP contribution in [-0.4, -0.2) is 25.5 Å². The molecule has 86 valence electrons. The highest BCUT2D eigenvalue weighted by molar-refractivity contribution is 5.83. The van der Waals surface area contributed by atoms with E-state index < -0.39 is 5.97 Å². The fourth-order valence-electron chi connectivity index (χ4n) is 1.20. The highest BCUT2D eigenvalue weighted by Crippen LogP contribution is 2.11. The van der Waals surface area contributed by atoms with E-state index >= 15 is 0 Å². The number of carbonyl (C=O) groups excluding carboxylic acids is 2. The number of carbonyl (C=O) groups is 2. The van der Waals surface area contributed by atoms with Gasteiger partial charge in [0.05, 0.1) is 7.11 Å². The molecule has 0 aliphatic carbocycles. The van der Waals surface area contributed by atoms with Gasteiger partial charge in [-0.15, -0.1) is 0 Å². The van der Waals surface area contributed by atoms with E-state index in [4.69, 9.17) is 4.74 Å². The standard InChI is InChI=1S/C12H14O4/c1-9(13)16-8-11(14)7-10-3-5-12(15-2)6-4-10/h3-6H,7-8H2,1-2H3. The number of rotatable bonds is 5. The molecule has 16 heavy (non-hydrogen) atoms. The van der Waals surface area contributed by atoms with Gasteiger partial charge in [0.25, 0.3) is 0 Å². The van der Waals surface area contributed by atoms with Gasteiger partial charge in [-0.25, -0.2) is 0 Å². The SMILES string of the molecule is COc1ccc(CC(=O)COC(C)=O)cc1. The van der Waals surface area contributed by atoms with E-state index in [2.05, 4.69) is 4.74 Å². The largest absolute Gasteiger partial charge is 0.497 e. The first kappa shape index (κ1) is 12.2. The predicted molar refractivity (Wildman–Crippen MR) is 58.3 cm³/mol. The summed E-state index contributed by atoms with van der Waals surface area (Å²) in [5, 5.41) is 0. The second-order valence-electron chi connectivity index (χ2n) is 3.34. The van der Waals surface area contributed by atoms with Crippen LogP contribution >= 0.6 is 0 Å². The molecule has 0 aliphatic heterocycles. The molecule has 1 aromatic rings. The lowest BCUT2D eigenvalue weighted by molar-refractivity contribution is -0.145. The lowest BCUT2D eigenvalue weighted by Crippen LogP contribution is -2.13. The molecule has 0 aromatic heterocycles. The summed E-state index contributed by atoms with van der Waals surface area (Å²) in [5.41, 5.74) is 0.873. The van der Waals surface area contributed by atoms with Gasteiger partial charge in [-0.1, -0.05) is 12.1 Å². The monoisotopic (exact) mass is 222 g/mol. The molecule has 0 heterocycles. The first-order valence-electron chi connectivity index (χ1n) is 4.90. The summed E-state index contributed by atoms with van der Waals surface area (Å²) in [6.45, 7) is 1.11. The lowest BCUT2D eigenvalue weighted by atomic mass is 10.1. The molecule has 0 amide bonds. The smallest absolute Gasteiger partial charge is 0.303 e. The van der Waals surface area contributed by atoms with Crippen molar-refractivity contribution in [1.29, 1.82) is 0 Å². The zero-order chi connectivity index (χ0) is 12.0. The van der Waals surface area contributed by atoms with Crippen molar-refractivity contribution < 1.29 is 19.1 Å². The van der Waals surface area contributed by atoms with Gasteiger partial charge in [0, 0.05) is 13.3 Å². The van der Waals surface area contributed by atoms with Crippen LogP contribution in [0.2, 0.25) is 0 Å². The summed E-state index contributed by atoms with van der Waals surface area (Å²) in [7, 11) is 1.58. The average Bonchev–Trinajstić information content (AvgIpc) is 2.27. The van der Waals surface area contributed by atoms with Gasteiger partial charge in [-0.05, 0) is 17.7 Å². The zero-order valence-electron chi connectivity index (χ0n) is 9.36. The van der Waals surface area contributed by atoms with Crippen molar-refractivity contribution in [3.05, 3.63) is 29.8 Å². The predicted octanol–water partition coefficient (Wildman–Crippen LogP) is 1.37. The number of benzene rings is 1. The van der Waals surface area contributed by atoms with Gasteiger partial charge in [-0.3, -0.25) is 9.59 Å². The Hall–Kier alpha value is -1.84. The minimum Gasteiger partial charge on any atom is -0.497 e. The molecule has 0 radical (unpaired) electrons. The molecular formula is C12H14O4. The van der Waals surface area contributed by atoms with E-state index in [0.717, 1.165) is 11.3 Å². The third-order valence-corrected chi connectivity index (χ3v) is 2.00. The van der Waals surface area contributed by atoms with Crippen LogP contribution in [0.4, 0.5) is 0 Å². The summed E-state index contributed by atoms with van der Waals surface area (Å²) >= 11 is 0. The third-order valence-electron chi connectivity index (χ3n) is 2.00. The van der Waals surface area contributed by atoms with Gasteiger partial charge in [-0.2, -0.15) is 0 Å². The molecule has 0 fully saturated rings. The molecule has 0 bridgehead atoms. The van der Waals surface area contributed by atoms with Crippen LogP contribution < -0.4 is 4.74 Å². The molecule has 0 saturated carbocycles. The molecule has 0 atom stereocenters. The van der Waals surface area contributed by atoms with Crippen molar-refractivity contribution in [1.82, 2.24) is 0 Å². The fourth-order valence-corrected chi connectivity index (χ4v) is 1.20. The van der Waals surface area contributed by atoms with E-state index in [1.54, 1.807) is 19.2 Å². The van der Waals surface area contributed by atoms with Gasteiger partial charge in [0.15, 0.2) is 5.78 Å². The molecule has 1 aromatic carbocycles. The van der Waals surface area contributed by atoms with E-state index in [0.29, 0.717) is 0 Å². The Bertz CT molecular complexity index is 367. The number of hydrogen-bond donors (Lipinski definition) is 0. The van der Waals surface area contributed by atoms with Gasteiger partial charge >= 0.3 is 5.97 Å². The number of Topliss-reactive ketones (excluding diaryl/α,β-unsaturated/α-hetero) is 1. The van der Waals surface area contributed by atoms with Gasteiger partial charge in [0.1, 0.15) is 12.4 Å². The van der Waals surface area contributed by atoms with Crippen LogP contribution in [0.1, 0.15) is 12.5 Å². The highest BCUT2D eigenvalue weighted by atomic mass is 16.5. The van der Waals surface area contributed by atoms with Crippen LogP contribution in [0, 0.1) is 0 Å². The van der Waals surface area contributed by atoms with Crippen molar-refractivity contribution in [2.75, 3.05) is 13.7 Å². The second-order valence-corrected chi connectivity index (χ2v) is 3.34. The molecule has 0 N–H and O–H groups in total. The van der Waals surface area contributed by atoms with Crippen molar-refractivity contribution in [3.8, 4) is 5.75 Å². The summed E-state index contributed by atoms with van der Waals surface area (Å²) in [5.74, 6) is 0.180. The van der Waals surface area contributed by atoms with Crippen molar-refractivity contribution in [3.63, 3.8) is 0 Å². The van der Waals surface area contributed by atoms with Crippen LogP contribution in [-0.2, 0) is 20.7 Å². The number of ketones is 1. The molecular weight excluding hydrogens is 208 g/mol. The Kier molecular flexibility index (Phi) is 4.51. The average molecular weight is 222 g/mol. The number of methoxy groups -OCH3 is 1. The van der Waals surface area contributed by atoms with E-state index in [9.17, 15) is 9.59 Å². The summed E-state index contributed by atoms with van der Waals surface area (Å²) < 4.78 is 9.61. The lowest BCUT2D eigenvalue weighted by Gasteiger charge is -2.03. The number of ether oxygens (including phenoxy) is 2. The molecule has 4 nitrogen and oxygen atoms in total. The van der Waals surface area contributed by atoms with Gasteiger partial charge < -0.3 is 9.47 Å². The quantitative estimate of drug-likeness (QED) is 0.706. The van der Waals surface area contributed by atoms with Crippen molar-refractivity contribution >= 4 is 11.8 Å².